The summed E-state index contributed by atoms with van der Waals surface area (Å²) in [5.41, 5.74) is 0.177. The minimum atomic E-state index is -0.993. The SMILES string of the molecule is C=CC(COc1cccc(C(=O)O)c1)OC(CBr)OCC. The van der Waals surface area contributed by atoms with Gasteiger partial charge in [0.25, 0.3) is 0 Å². The van der Waals surface area contributed by atoms with Crippen molar-refractivity contribution in [3.8, 4) is 5.75 Å². The Morgan fingerprint density at radius 2 is 2.29 bits per heavy atom. The van der Waals surface area contributed by atoms with E-state index in [9.17, 15) is 4.79 Å². The maximum absolute atomic E-state index is 10.9. The number of aromatic carboxylic acids is 1. The average molecular weight is 359 g/mol. The number of hydrogen-bond acceptors (Lipinski definition) is 4. The largest absolute Gasteiger partial charge is 0.491 e. The number of hydrogen-bond donors (Lipinski definition) is 1. The highest BCUT2D eigenvalue weighted by atomic mass is 79.9. The van der Waals surface area contributed by atoms with Crippen molar-refractivity contribution in [3.63, 3.8) is 0 Å². The fourth-order valence-electron chi connectivity index (χ4n) is 1.56. The molecule has 116 valence electrons. The van der Waals surface area contributed by atoms with Crippen LogP contribution in [-0.2, 0) is 9.47 Å². The topological polar surface area (TPSA) is 65.0 Å². The van der Waals surface area contributed by atoms with Gasteiger partial charge in [-0.25, -0.2) is 4.79 Å². The van der Waals surface area contributed by atoms with Crippen LogP contribution < -0.4 is 4.74 Å². The van der Waals surface area contributed by atoms with Crippen LogP contribution in [0.25, 0.3) is 0 Å². The highest BCUT2D eigenvalue weighted by molar-refractivity contribution is 9.09. The van der Waals surface area contributed by atoms with Gasteiger partial charge in [0.15, 0.2) is 6.29 Å². The molecule has 1 aromatic carbocycles. The second kappa shape index (κ2) is 9.55. The van der Waals surface area contributed by atoms with Crippen molar-refractivity contribution in [1.29, 1.82) is 0 Å². The molecule has 0 aromatic heterocycles. The first-order valence-electron chi connectivity index (χ1n) is 6.52. The van der Waals surface area contributed by atoms with Crippen LogP contribution in [0.15, 0.2) is 36.9 Å². The average Bonchev–Trinajstić information content (AvgIpc) is 2.50. The van der Waals surface area contributed by atoms with Crippen molar-refractivity contribution >= 4 is 21.9 Å². The van der Waals surface area contributed by atoms with Crippen LogP contribution in [-0.4, -0.2) is 42.0 Å². The summed E-state index contributed by atoms with van der Waals surface area (Å²) in [6.07, 6.45) is 0.884. The zero-order valence-electron chi connectivity index (χ0n) is 11.8. The first-order valence-corrected chi connectivity index (χ1v) is 7.64. The third-order valence-electron chi connectivity index (χ3n) is 2.56. The van der Waals surface area contributed by atoms with Gasteiger partial charge in [-0.05, 0) is 25.1 Å². The zero-order valence-corrected chi connectivity index (χ0v) is 13.4. The van der Waals surface area contributed by atoms with E-state index in [1.165, 1.54) is 12.1 Å². The number of alkyl halides is 1. The number of carboxylic acids is 1. The second-order valence-electron chi connectivity index (χ2n) is 4.09. The molecule has 0 saturated carbocycles. The molecule has 1 rings (SSSR count). The van der Waals surface area contributed by atoms with Crippen LogP contribution in [0.5, 0.6) is 5.75 Å². The number of halogens is 1. The molecule has 0 amide bonds. The molecule has 0 heterocycles. The number of rotatable bonds is 10. The molecule has 1 N–H and O–H groups in total. The van der Waals surface area contributed by atoms with Crippen LogP contribution in [0.4, 0.5) is 0 Å². The molecule has 2 unspecified atom stereocenters. The van der Waals surface area contributed by atoms with E-state index >= 15 is 0 Å². The Kier molecular flexibility index (Phi) is 8.04. The summed E-state index contributed by atoms with van der Waals surface area (Å²) in [6.45, 7) is 6.35. The summed E-state index contributed by atoms with van der Waals surface area (Å²) in [7, 11) is 0. The molecule has 0 spiro atoms. The lowest BCUT2D eigenvalue weighted by atomic mass is 10.2. The summed E-state index contributed by atoms with van der Waals surface area (Å²) >= 11 is 3.31. The maximum atomic E-state index is 10.9. The molecule has 0 bridgehead atoms. The highest BCUT2D eigenvalue weighted by Gasteiger charge is 2.14. The Bertz CT molecular complexity index is 463. The predicted octanol–water partition coefficient (Wildman–Crippen LogP) is 3.09. The lowest BCUT2D eigenvalue weighted by Gasteiger charge is -2.21. The van der Waals surface area contributed by atoms with E-state index in [4.69, 9.17) is 19.3 Å². The molecule has 21 heavy (non-hydrogen) atoms. The molecule has 0 saturated heterocycles. The molecule has 0 aliphatic rings. The second-order valence-corrected chi connectivity index (χ2v) is 4.74. The summed E-state index contributed by atoms with van der Waals surface area (Å²) < 4.78 is 16.6. The van der Waals surface area contributed by atoms with E-state index in [1.807, 2.05) is 6.92 Å². The normalized spacial score (nSPS) is 13.4. The van der Waals surface area contributed by atoms with Crippen LogP contribution in [0.2, 0.25) is 0 Å². The third kappa shape index (κ3) is 6.29. The van der Waals surface area contributed by atoms with Crippen LogP contribution >= 0.6 is 15.9 Å². The molecule has 0 aliphatic heterocycles. The molecule has 6 heteroatoms. The van der Waals surface area contributed by atoms with Gasteiger partial charge < -0.3 is 19.3 Å². The van der Waals surface area contributed by atoms with E-state index in [0.717, 1.165) is 0 Å². The lowest BCUT2D eigenvalue weighted by molar-refractivity contribution is -0.147. The number of ether oxygens (including phenoxy) is 3. The lowest BCUT2D eigenvalue weighted by Crippen LogP contribution is -2.29. The molecule has 1 aromatic rings. The highest BCUT2D eigenvalue weighted by Crippen LogP contribution is 2.15. The molecule has 5 nitrogen and oxygen atoms in total. The molecule has 2 atom stereocenters. The molecular formula is C15H19BrO5. The van der Waals surface area contributed by atoms with Gasteiger partial charge in [-0.1, -0.05) is 28.1 Å². The quantitative estimate of drug-likeness (QED) is 0.395. The first-order chi connectivity index (χ1) is 10.1. The fraction of sp³-hybridized carbons (Fsp3) is 0.400. The zero-order chi connectivity index (χ0) is 15.7. The number of carbonyl (C=O) groups is 1. The van der Waals surface area contributed by atoms with E-state index in [-0.39, 0.29) is 24.6 Å². The van der Waals surface area contributed by atoms with Gasteiger partial charge in [-0.3, -0.25) is 0 Å². The van der Waals surface area contributed by atoms with Gasteiger partial charge in [0, 0.05) is 6.61 Å². The smallest absolute Gasteiger partial charge is 0.335 e. The van der Waals surface area contributed by atoms with Gasteiger partial charge in [0.2, 0.25) is 0 Å². The molecule has 0 fully saturated rings. The van der Waals surface area contributed by atoms with Gasteiger partial charge in [-0.2, -0.15) is 0 Å². The molecular weight excluding hydrogens is 340 g/mol. The molecule has 0 radical (unpaired) electrons. The van der Waals surface area contributed by atoms with Crippen LogP contribution in [0, 0.1) is 0 Å². The minimum absolute atomic E-state index is 0.177. The summed E-state index contributed by atoms with van der Waals surface area (Å²) in [5, 5.41) is 9.47. The monoisotopic (exact) mass is 358 g/mol. The summed E-state index contributed by atoms with van der Waals surface area (Å²) in [5.74, 6) is -0.523. The third-order valence-corrected chi connectivity index (χ3v) is 3.09. The first kappa shape index (κ1) is 17.7. The van der Waals surface area contributed by atoms with E-state index in [1.54, 1.807) is 18.2 Å². The van der Waals surface area contributed by atoms with E-state index in [0.29, 0.717) is 17.7 Å². The van der Waals surface area contributed by atoms with Crippen molar-refractivity contribution in [1.82, 2.24) is 0 Å². The van der Waals surface area contributed by atoms with Crippen LogP contribution in [0.3, 0.4) is 0 Å². The van der Waals surface area contributed by atoms with Crippen molar-refractivity contribution in [3.05, 3.63) is 42.5 Å². The fourth-order valence-corrected chi connectivity index (χ4v) is 1.90. The Hall–Kier alpha value is -1.37. The summed E-state index contributed by atoms with van der Waals surface area (Å²) in [6, 6.07) is 6.29. The van der Waals surface area contributed by atoms with Crippen molar-refractivity contribution < 1.29 is 24.1 Å². The standard InChI is InChI=1S/C15H19BrO5/c1-3-12(21-14(9-16)19-4-2)10-20-13-7-5-6-11(8-13)15(17)18/h3,5-8,12,14H,1,4,9-10H2,2H3,(H,17,18). The Morgan fingerprint density at radius 1 is 1.52 bits per heavy atom. The Labute approximate surface area is 132 Å². The summed E-state index contributed by atoms with van der Waals surface area (Å²) in [4.78, 5) is 10.9. The van der Waals surface area contributed by atoms with Gasteiger partial charge >= 0.3 is 5.97 Å². The van der Waals surface area contributed by atoms with Gasteiger partial charge in [0.1, 0.15) is 18.5 Å². The van der Waals surface area contributed by atoms with Crippen molar-refractivity contribution in [2.24, 2.45) is 0 Å². The Balaban J connectivity index is 2.56. The maximum Gasteiger partial charge on any atom is 0.335 e. The number of carboxylic acid groups (broad SMARTS) is 1. The number of benzene rings is 1. The minimum Gasteiger partial charge on any atom is -0.491 e. The Morgan fingerprint density at radius 3 is 2.86 bits per heavy atom. The van der Waals surface area contributed by atoms with E-state index in [2.05, 4.69) is 22.5 Å². The van der Waals surface area contributed by atoms with Crippen molar-refractivity contribution in [2.45, 2.75) is 19.3 Å². The predicted molar refractivity (Wildman–Crippen MR) is 83.2 cm³/mol. The van der Waals surface area contributed by atoms with Gasteiger partial charge in [0.05, 0.1) is 10.9 Å². The van der Waals surface area contributed by atoms with E-state index < -0.39 is 5.97 Å². The van der Waals surface area contributed by atoms with Crippen molar-refractivity contribution in [2.75, 3.05) is 18.5 Å². The van der Waals surface area contributed by atoms with Gasteiger partial charge in [-0.15, -0.1) is 6.58 Å². The van der Waals surface area contributed by atoms with Crippen LogP contribution in [0.1, 0.15) is 17.3 Å². The molecule has 0 aliphatic carbocycles.